The number of halogens is 3. The van der Waals surface area contributed by atoms with Gasteiger partial charge in [0.15, 0.2) is 6.04 Å². The van der Waals surface area contributed by atoms with Gasteiger partial charge >= 0.3 is 12.1 Å². The molecule has 0 bridgehead atoms. The summed E-state index contributed by atoms with van der Waals surface area (Å²) in [6.45, 7) is 4.54. The number of cyclic esters (lactones) is 1. The first kappa shape index (κ1) is 20.9. The number of ether oxygens (including phenoxy) is 1. The minimum absolute atomic E-state index is 0.0760. The molecule has 3 aliphatic heterocycles. The SMILES string of the molecule is CC1(C)C[C@@H](CC(=O)N2CCC[C@@H]([C@@H]3C[C@H](C(F)(F)F)n4ncnc4N3)C2)C(=O)O1. The van der Waals surface area contributed by atoms with Crippen LogP contribution in [0.25, 0.3) is 0 Å². The number of anilines is 1. The van der Waals surface area contributed by atoms with Crippen molar-refractivity contribution in [3.05, 3.63) is 6.33 Å². The van der Waals surface area contributed by atoms with Crippen LogP contribution in [0.3, 0.4) is 0 Å². The number of aromatic nitrogens is 3. The number of hydrogen-bond donors (Lipinski definition) is 1. The van der Waals surface area contributed by atoms with E-state index in [1.54, 1.807) is 4.90 Å². The number of carbonyl (C=O) groups is 2. The third-order valence-corrected chi connectivity index (χ3v) is 6.29. The summed E-state index contributed by atoms with van der Waals surface area (Å²) in [5, 5.41) is 6.79. The number of esters is 1. The van der Waals surface area contributed by atoms with E-state index in [1.165, 1.54) is 0 Å². The van der Waals surface area contributed by atoms with Crippen molar-refractivity contribution in [1.29, 1.82) is 0 Å². The van der Waals surface area contributed by atoms with Gasteiger partial charge in [0.2, 0.25) is 11.9 Å². The number of nitrogens with one attached hydrogen (secondary N) is 1. The Labute approximate surface area is 172 Å². The molecule has 1 amide bonds. The first-order chi connectivity index (χ1) is 14.0. The summed E-state index contributed by atoms with van der Waals surface area (Å²) in [4.78, 5) is 30.4. The maximum absolute atomic E-state index is 13.5. The van der Waals surface area contributed by atoms with Crippen molar-refractivity contribution >= 4 is 17.8 Å². The van der Waals surface area contributed by atoms with Crippen molar-refractivity contribution in [3.63, 3.8) is 0 Å². The number of carbonyl (C=O) groups excluding carboxylic acids is 2. The Hall–Kier alpha value is -2.33. The average Bonchev–Trinajstić information content (AvgIpc) is 3.23. The van der Waals surface area contributed by atoms with Crippen LogP contribution in [0.15, 0.2) is 6.33 Å². The number of nitrogens with zero attached hydrogens (tertiary/aromatic N) is 4. The molecule has 0 unspecified atom stereocenters. The summed E-state index contributed by atoms with van der Waals surface area (Å²) in [6, 6.07) is -2.19. The fourth-order valence-corrected chi connectivity index (χ4v) is 4.86. The molecule has 166 valence electrons. The third kappa shape index (κ3) is 4.11. The van der Waals surface area contributed by atoms with E-state index in [0.29, 0.717) is 25.9 Å². The van der Waals surface area contributed by atoms with Crippen LogP contribution in [0.4, 0.5) is 19.1 Å². The fraction of sp³-hybridized carbons (Fsp3) is 0.789. The van der Waals surface area contributed by atoms with Crippen LogP contribution in [0.1, 0.15) is 52.0 Å². The first-order valence-electron chi connectivity index (χ1n) is 10.3. The Balaban J connectivity index is 1.42. The summed E-state index contributed by atoms with van der Waals surface area (Å²) in [6.07, 6.45) is -1.48. The molecule has 0 aliphatic carbocycles. The highest BCUT2D eigenvalue weighted by Gasteiger charge is 2.48. The predicted molar refractivity (Wildman–Crippen MR) is 99.3 cm³/mol. The van der Waals surface area contributed by atoms with Gasteiger partial charge in [0.1, 0.15) is 11.9 Å². The maximum Gasteiger partial charge on any atom is 0.411 e. The van der Waals surface area contributed by atoms with E-state index in [-0.39, 0.29) is 36.6 Å². The van der Waals surface area contributed by atoms with Crippen molar-refractivity contribution in [1.82, 2.24) is 19.7 Å². The van der Waals surface area contributed by atoms with E-state index in [0.717, 1.165) is 17.4 Å². The number of hydrogen-bond acceptors (Lipinski definition) is 6. The van der Waals surface area contributed by atoms with E-state index in [4.69, 9.17) is 4.74 Å². The second-order valence-corrected chi connectivity index (χ2v) is 9.10. The molecule has 2 saturated heterocycles. The van der Waals surface area contributed by atoms with Crippen LogP contribution >= 0.6 is 0 Å². The van der Waals surface area contributed by atoms with Gasteiger partial charge in [-0.3, -0.25) is 9.59 Å². The molecule has 0 saturated carbocycles. The molecule has 1 N–H and O–H groups in total. The monoisotopic (exact) mass is 429 g/mol. The van der Waals surface area contributed by atoms with E-state index >= 15 is 0 Å². The highest BCUT2D eigenvalue weighted by molar-refractivity contribution is 5.84. The van der Waals surface area contributed by atoms with E-state index in [1.807, 2.05) is 13.8 Å². The quantitative estimate of drug-likeness (QED) is 0.743. The van der Waals surface area contributed by atoms with E-state index < -0.39 is 29.8 Å². The van der Waals surface area contributed by atoms with Crippen LogP contribution in [0, 0.1) is 11.8 Å². The van der Waals surface area contributed by atoms with E-state index in [2.05, 4.69) is 15.4 Å². The second kappa shape index (κ2) is 7.42. The van der Waals surface area contributed by atoms with Crippen LogP contribution in [-0.2, 0) is 14.3 Å². The van der Waals surface area contributed by atoms with Gasteiger partial charge in [-0.1, -0.05) is 0 Å². The molecule has 11 heteroatoms. The molecule has 30 heavy (non-hydrogen) atoms. The van der Waals surface area contributed by atoms with Crippen LogP contribution in [0.5, 0.6) is 0 Å². The molecule has 4 atom stereocenters. The lowest BCUT2D eigenvalue weighted by Gasteiger charge is -2.41. The zero-order valence-corrected chi connectivity index (χ0v) is 17.0. The lowest BCUT2D eigenvalue weighted by molar-refractivity contribution is -0.175. The molecule has 8 nitrogen and oxygen atoms in total. The molecule has 1 aromatic rings. The number of alkyl halides is 3. The summed E-state index contributed by atoms with van der Waals surface area (Å²) in [5.74, 6) is -0.999. The van der Waals surface area contributed by atoms with Gasteiger partial charge in [-0.05, 0) is 39.0 Å². The molecule has 4 heterocycles. The van der Waals surface area contributed by atoms with Crippen LogP contribution < -0.4 is 5.32 Å². The minimum atomic E-state index is -4.43. The van der Waals surface area contributed by atoms with Gasteiger partial charge in [-0.15, -0.1) is 0 Å². The van der Waals surface area contributed by atoms with Crippen molar-refractivity contribution in [2.75, 3.05) is 18.4 Å². The molecule has 3 aliphatic rings. The number of rotatable bonds is 3. The summed E-state index contributed by atoms with van der Waals surface area (Å²) in [7, 11) is 0. The molecule has 2 fully saturated rings. The Bertz CT molecular complexity index is 825. The zero-order chi connectivity index (χ0) is 21.7. The maximum atomic E-state index is 13.5. The molecule has 0 aromatic carbocycles. The zero-order valence-electron chi connectivity index (χ0n) is 17.0. The normalized spacial score (nSPS) is 31.1. The highest BCUT2D eigenvalue weighted by atomic mass is 19.4. The van der Waals surface area contributed by atoms with Gasteiger partial charge in [-0.2, -0.15) is 23.3 Å². The van der Waals surface area contributed by atoms with Gasteiger partial charge in [0.05, 0.1) is 5.92 Å². The average molecular weight is 429 g/mol. The molecular weight excluding hydrogens is 403 g/mol. The molecule has 4 rings (SSSR count). The van der Waals surface area contributed by atoms with Crippen molar-refractivity contribution < 1.29 is 27.5 Å². The summed E-state index contributed by atoms with van der Waals surface area (Å²) in [5.41, 5.74) is -0.568. The second-order valence-electron chi connectivity index (χ2n) is 9.10. The lowest BCUT2D eigenvalue weighted by atomic mass is 9.85. The van der Waals surface area contributed by atoms with E-state index in [9.17, 15) is 22.8 Å². The molecular formula is C19H26F3N5O3. The minimum Gasteiger partial charge on any atom is -0.459 e. The largest absolute Gasteiger partial charge is 0.459 e. The Morgan fingerprint density at radius 2 is 2.17 bits per heavy atom. The Morgan fingerprint density at radius 3 is 2.83 bits per heavy atom. The Kier molecular flexibility index (Phi) is 5.17. The molecule has 0 radical (unpaired) electrons. The van der Waals surface area contributed by atoms with Gasteiger partial charge in [0.25, 0.3) is 0 Å². The predicted octanol–water partition coefficient (Wildman–Crippen LogP) is 2.54. The third-order valence-electron chi connectivity index (χ3n) is 6.29. The van der Waals surface area contributed by atoms with Crippen LogP contribution in [-0.4, -0.2) is 62.4 Å². The van der Waals surface area contributed by atoms with Crippen molar-refractivity contribution in [2.45, 2.75) is 69.8 Å². The first-order valence-corrected chi connectivity index (χ1v) is 10.3. The summed E-state index contributed by atoms with van der Waals surface area (Å²) >= 11 is 0. The number of piperidine rings is 1. The fourth-order valence-electron chi connectivity index (χ4n) is 4.86. The number of likely N-dealkylation sites (tertiary alicyclic amines) is 1. The van der Waals surface area contributed by atoms with Crippen molar-refractivity contribution in [3.8, 4) is 0 Å². The lowest BCUT2D eigenvalue weighted by Crippen LogP contribution is -2.49. The van der Waals surface area contributed by atoms with Gasteiger partial charge in [0, 0.05) is 32.0 Å². The smallest absolute Gasteiger partial charge is 0.411 e. The highest BCUT2D eigenvalue weighted by Crippen LogP contribution is 2.41. The van der Waals surface area contributed by atoms with Crippen LogP contribution in [0.2, 0.25) is 0 Å². The number of amides is 1. The molecule has 1 aromatic heterocycles. The Morgan fingerprint density at radius 1 is 1.40 bits per heavy atom. The standard InChI is InChI=1S/C19H26F3N5O3/c1-18(2)8-12(16(29)30-18)6-15(28)26-5-3-4-11(9-26)13-7-14(19(20,21)22)27-17(25-13)23-10-24-27/h10-14H,3-9H2,1-2H3,(H,23,24,25)/t11-,12-,13+,14-/m1/s1. The molecule has 0 spiro atoms. The number of fused-ring (bicyclic) bond motifs is 1. The van der Waals surface area contributed by atoms with Gasteiger partial charge in [-0.25, -0.2) is 4.68 Å². The van der Waals surface area contributed by atoms with Gasteiger partial charge < -0.3 is 15.0 Å². The summed E-state index contributed by atoms with van der Waals surface area (Å²) < 4.78 is 46.8. The topological polar surface area (TPSA) is 89.4 Å². The van der Waals surface area contributed by atoms with Crippen molar-refractivity contribution in [2.24, 2.45) is 11.8 Å².